The summed E-state index contributed by atoms with van der Waals surface area (Å²) in [5.41, 5.74) is 0.691. The molecule has 0 bridgehead atoms. The number of aromatic nitrogens is 2. The Morgan fingerprint density at radius 2 is 2.21 bits per heavy atom. The zero-order chi connectivity index (χ0) is 16.8. The zero-order valence-corrected chi connectivity index (χ0v) is 13.8. The summed E-state index contributed by atoms with van der Waals surface area (Å²) in [6.45, 7) is 3.79. The number of benzene rings is 1. The average molecular weight is 332 g/mol. The van der Waals surface area contributed by atoms with Gasteiger partial charge in [0.2, 0.25) is 0 Å². The van der Waals surface area contributed by atoms with Crippen molar-refractivity contribution in [3.8, 4) is 0 Å². The van der Waals surface area contributed by atoms with Crippen LogP contribution in [0.5, 0.6) is 0 Å². The van der Waals surface area contributed by atoms with Crippen LogP contribution in [0, 0.1) is 5.82 Å². The summed E-state index contributed by atoms with van der Waals surface area (Å²) in [7, 11) is 0. The van der Waals surface area contributed by atoms with E-state index < -0.39 is 6.10 Å². The van der Waals surface area contributed by atoms with Gasteiger partial charge in [0.25, 0.3) is 0 Å². The van der Waals surface area contributed by atoms with Gasteiger partial charge in [-0.25, -0.2) is 9.37 Å². The lowest BCUT2D eigenvalue weighted by atomic mass is 10.0. The Balaban J connectivity index is 1.39. The van der Waals surface area contributed by atoms with E-state index in [2.05, 4.69) is 19.8 Å². The molecule has 1 aliphatic heterocycles. The number of nitrogens with zero attached hydrogens (tertiary/aromatic N) is 3. The number of β-amino-alcohol motifs (C(OH)–C–C–N with tert-alkyl or cyclic N) is 1. The van der Waals surface area contributed by atoms with Crippen molar-refractivity contribution < 1.29 is 9.50 Å². The van der Waals surface area contributed by atoms with Crippen molar-refractivity contribution >= 4 is 0 Å². The van der Waals surface area contributed by atoms with Crippen LogP contribution in [0.1, 0.15) is 18.4 Å². The van der Waals surface area contributed by atoms with E-state index in [0.29, 0.717) is 18.7 Å². The summed E-state index contributed by atoms with van der Waals surface area (Å²) in [6.07, 6.45) is 7.01. The normalized spacial score (nSPS) is 21.9. The lowest BCUT2D eigenvalue weighted by Crippen LogP contribution is -2.52. The van der Waals surface area contributed by atoms with Gasteiger partial charge in [-0.2, -0.15) is 0 Å². The van der Waals surface area contributed by atoms with Crippen LogP contribution in [0.2, 0.25) is 0 Å². The third-order valence-electron chi connectivity index (χ3n) is 4.58. The molecule has 1 aromatic carbocycles. The molecule has 2 aromatic rings. The number of likely N-dealkylation sites (tertiary alicyclic amines) is 1. The van der Waals surface area contributed by atoms with E-state index in [0.717, 1.165) is 32.5 Å². The SMILES string of the molecule is O[C@@H]1CN(Cc2ccccc2F)CC[C@H]1NCCCn1ccnc1. The zero-order valence-electron chi connectivity index (χ0n) is 13.8. The van der Waals surface area contributed by atoms with E-state index >= 15 is 0 Å². The molecule has 130 valence electrons. The summed E-state index contributed by atoms with van der Waals surface area (Å²) < 4.78 is 15.8. The third kappa shape index (κ3) is 4.63. The molecular formula is C18H25FN4O. The standard InChI is InChI=1S/C18H25FN4O/c19-16-5-2-1-4-15(16)12-23-10-6-17(18(24)13-23)21-7-3-9-22-11-8-20-14-22/h1-2,4-5,8,11,14,17-18,21,24H,3,6-7,9-10,12-13H2/t17-,18-/m1/s1. The Morgan fingerprint density at radius 1 is 1.33 bits per heavy atom. The number of halogens is 1. The quantitative estimate of drug-likeness (QED) is 0.757. The number of imidazole rings is 1. The van der Waals surface area contributed by atoms with E-state index in [1.807, 2.05) is 24.7 Å². The predicted octanol–water partition coefficient (Wildman–Crippen LogP) is 1.64. The van der Waals surface area contributed by atoms with E-state index in [1.165, 1.54) is 6.07 Å². The molecule has 2 heterocycles. The Hall–Kier alpha value is -1.76. The molecule has 0 unspecified atom stereocenters. The molecule has 6 heteroatoms. The van der Waals surface area contributed by atoms with E-state index in [9.17, 15) is 9.50 Å². The van der Waals surface area contributed by atoms with Crippen LogP contribution >= 0.6 is 0 Å². The fourth-order valence-electron chi connectivity index (χ4n) is 3.21. The fourth-order valence-corrected chi connectivity index (χ4v) is 3.21. The second-order valence-corrected chi connectivity index (χ2v) is 6.40. The summed E-state index contributed by atoms with van der Waals surface area (Å²) in [6, 6.07) is 6.96. The minimum Gasteiger partial charge on any atom is -0.390 e. The minimum absolute atomic E-state index is 0.115. The number of aryl methyl sites for hydroxylation is 1. The van der Waals surface area contributed by atoms with Gasteiger partial charge in [-0.05, 0) is 25.5 Å². The smallest absolute Gasteiger partial charge is 0.127 e. The summed E-state index contributed by atoms with van der Waals surface area (Å²) in [4.78, 5) is 6.14. The van der Waals surface area contributed by atoms with Crippen molar-refractivity contribution in [2.24, 2.45) is 0 Å². The molecule has 2 N–H and O–H groups in total. The highest BCUT2D eigenvalue weighted by Crippen LogP contribution is 2.16. The van der Waals surface area contributed by atoms with E-state index in [1.54, 1.807) is 12.3 Å². The molecule has 3 rings (SSSR count). The second-order valence-electron chi connectivity index (χ2n) is 6.40. The molecule has 0 aliphatic carbocycles. The van der Waals surface area contributed by atoms with Crippen LogP contribution in [-0.2, 0) is 13.1 Å². The van der Waals surface area contributed by atoms with Crippen LogP contribution < -0.4 is 5.32 Å². The Labute approximate surface area is 142 Å². The number of aliphatic hydroxyl groups excluding tert-OH is 1. The third-order valence-corrected chi connectivity index (χ3v) is 4.58. The lowest BCUT2D eigenvalue weighted by molar-refractivity contribution is 0.0366. The number of hydrogen-bond acceptors (Lipinski definition) is 4. The molecule has 0 radical (unpaired) electrons. The molecule has 5 nitrogen and oxygen atoms in total. The molecule has 1 fully saturated rings. The van der Waals surface area contributed by atoms with Crippen LogP contribution in [0.4, 0.5) is 4.39 Å². The van der Waals surface area contributed by atoms with Gasteiger partial charge in [0.15, 0.2) is 0 Å². The molecule has 1 saturated heterocycles. The number of hydrogen-bond donors (Lipinski definition) is 2. The predicted molar refractivity (Wildman–Crippen MR) is 90.9 cm³/mol. The first-order valence-electron chi connectivity index (χ1n) is 8.55. The van der Waals surface area contributed by atoms with Crippen molar-refractivity contribution in [3.63, 3.8) is 0 Å². The highest BCUT2D eigenvalue weighted by Gasteiger charge is 2.27. The van der Waals surface area contributed by atoms with Crippen molar-refractivity contribution in [1.29, 1.82) is 0 Å². The first-order chi connectivity index (χ1) is 11.7. The Morgan fingerprint density at radius 3 is 2.96 bits per heavy atom. The molecule has 1 aliphatic rings. The van der Waals surface area contributed by atoms with Gasteiger partial charge in [-0.1, -0.05) is 18.2 Å². The summed E-state index contributed by atoms with van der Waals surface area (Å²) in [5, 5.41) is 13.8. The van der Waals surface area contributed by atoms with Gasteiger partial charge in [-0.3, -0.25) is 4.90 Å². The van der Waals surface area contributed by atoms with Crippen LogP contribution in [0.3, 0.4) is 0 Å². The molecular weight excluding hydrogens is 307 g/mol. The summed E-state index contributed by atoms with van der Waals surface area (Å²) >= 11 is 0. The first kappa shape index (κ1) is 17.1. The van der Waals surface area contributed by atoms with Gasteiger partial charge in [0, 0.05) is 50.2 Å². The minimum atomic E-state index is -0.418. The topological polar surface area (TPSA) is 53.3 Å². The van der Waals surface area contributed by atoms with Gasteiger partial charge in [-0.15, -0.1) is 0 Å². The van der Waals surface area contributed by atoms with Crippen LogP contribution in [-0.4, -0.2) is 51.3 Å². The summed E-state index contributed by atoms with van der Waals surface area (Å²) in [5.74, 6) is -0.174. The van der Waals surface area contributed by atoms with Crippen molar-refractivity contribution in [2.45, 2.75) is 38.1 Å². The van der Waals surface area contributed by atoms with E-state index in [-0.39, 0.29) is 11.9 Å². The molecule has 0 spiro atoms. The van der Waals surface area contributed by atoms with Gasteiger partial charge in [0.1, 0.15) is 5.82 Å². The highest BCUT2D eigenvalue weighted by atomic mass is 19.1. The molecule has 2 atom stereocenters. The van der Waals surface area contributed by atoms with Crippen LogP contribution in [0.15, 0.2) is 43.0 Å². The van der Waals surface area contributed by atoms with Gasteiger partial charge >= 0.3 is 0 Å². The number of rotatable bonds is 7. The average Bonchev–Trinajstić information content (AvgIpc) is 3.09. The Kier molecular flexibility index (Phi) is 5.96. The number of piperidine rings is 1. The maximum atomic E-state index is 13.7. The monoisotopic (exact) mass is 332 g/mol. The largest absolute Gasteiger partial charge is 0.390 e. The highest BCUT2D eigenvalue weighted by molar-refractivity contribution is 5.17. The van der Waals surface area contributed by atoms with Crippen molar-refractivity contribution in [1.82, 2.24) is 19.8 Å². The molecule has 0 saturated carbocycles. The lowest BCUT2D eigenvalue weighted by Gasteiger charge is -2.36. The maximum Gasteiger partial charge on any atom is 0.127 e. The van der Waals surface area contributed by atoms with Gasteiger partial charge in [0.05, 0.1) is 12.4 Å². The van der Waals surface area contributed by atoms with E-state index in [4.69, 9.17) is 0 Å². The van der Waals surface area contributed by atoms with Crippen molar-refractivity contribution in [3.05, 3.63) is 54.4 Å². The van der Waals surface area contributed by atoms with Crippen molar-refractivity contribution in [2.75, 3.05) is 19.6 Å². The maximum absolute atomic E-state index is 13.7. The molecule has 1 aromatic heterocycles. The van der Waals surface area contributed by atoms with Gasteiger partial charge < -0.3 is 15.0 Å². The molecule has 0 amide bonds. The molecule has 24 heavy (non-hydrogen) atoms. The second kappa shape index (κ2) is 8.37. The number of nitrogens with one attached hydrogen (secondary N) is 1. The fraction of sp³-hybridized carbons (Fsp3) is 0.500. The number of aliphatic hydroxyl groups is 1. The van der Waals surface area contributed by atoms with Crippen LogP contribution in [0.25, 0.3) is 0 Å². The Bertz CT molecular complexity index is 619. The first-order valence-corrected chi connectivity index (χ1v) is 8.55.